The van der Waals surface area contributed by atoms with Crippen molar-refractivity contribution in [2.24, 2.45) is 5.92 Å². The Hall–Kier alpha value is -1.63. The number of carbonyl (C=O) groups is 1. The van der Waals surface area contributed by atoms with Gasteiger partial charge in [0.25, 0.3) is 0 Å². The van der Waals surface area contributed by atoms with Gasteiger partial charge in [-0.3, -0.25) is 4.79 Å². The minimum Gasteiger partial charge on any atom is -0.481 e. The number of likely N-dealkylation sites (tertiary alicyclic amines) is 1. The van der Waals surface area contributed by atoms with E-state index in [1.165, 1.54) is 0 Å². The molecule has 0 spiro atoms. The van der Waals surface area contributed by atoms with Crippen molar-refractivity contribution in [1.82, 2.24) is 15.0 Å². The predicted octanol–water partition coefficient (Wildman–Crippen LogP) is 3.15. The van der Waals surface area contributed by atoms with Crippen LogP contribution in [0.5, 0.6) is 0 Å². The van der Waals surface area contributed by atoms with Gasteiger partial charge in [-0.05, 0) is 43.7 Å². The number of piperidine rings is 1. The van der Waals surface area contributed by atoms with Crippen LogP contribution in [0.3, 0.4) is 0 Å². The first-order valence-electron chi connectivity index (χ1n) is 7.65. The fraction of sp³-hybridized carbons (Fsp3) is 0.438. The summed E-state index contributed by atoms with van der Waals surface area (Å²) < 4.78 is 5.28. The molecule has 3 rings (SSSR count). The van der Waals surface area contributed by atoms with Crippen molar-refractivity contribution in [3.8, 4) is 11.4 Å². The van der Waals surface area contributed by atoms with Crippen molar-refractivity contribution in [2.75, 3.05) is 19.6 Å². The molecule has 0 saturated carbocycles. The molecule has 1 atom stereocenters. The average Bonchev–Trinajstić information content (AvgIpc) is 3.03. The Morgan fingerprint density at radius 3 is 2.83 bits per heavy atom. The summed E-state index contributed by atoms with van der Waals surface area (Å²) in [6, 6.07) is 7.26. The van der Waals surface area contributed by atoms with Crippen LogP contribution in [0.1, 0.15) is 18.7 Å². The van der Waals surface area contributed by atoms with Gasteiger partial charge in [0, 0.05) is 30.1 Å². The van der Waals surface area contributed by atoms with Crippen molar-refractivity contribution in [1.29, 1.82) is 0 Å². The van der Waals surface area contributed by atoms with Crippen molar-refractivity contribution >= 4 is 30.0 Å². The van der Waals surface area contributed by atoms with Crippen LogP contribution in [0.25, 0.3) is 11.4 Å². The smallest absolute Gasteiger partial charge is 0.307 e. The van der Waals surface area contributed by atoms with Gasteiger partial charge in [0.15, 0.2) is 0 Å². The van der Waals surface area contributed by atoms with Crippen LogP contribution in [0, 0.1) is 5.92 Å². The van der Waals surface area contributed by atoms with Crippen molar-refractivity contribution in [2.45, 2.75) is 19.3 Å². The lowest BCUT2D eigenvalue weighted by Gasteiger charge is -2.30. The van der Waals surface area contributed by atoms with Crippen LogP contribution in [0.15, 0.2) is 28.8 Å². The summed E-state index contributed by atoms with van der Waals surface area (Å²) in [6.45, 7) is 2.24. The lowest BCUT2D eigenvalue weighted by atomic mass is 9.98. The molecule has 0 aliphatic carbocycles. The van der Waals surface area contributed by atoms with Gasteiger partial charge in [-0.2, -0.15) is 4.98 Å². The fourth-order valence-electron chi connectivity index (χ4n) is 2.79. The van der Waals surface area contributed by atoms with Gasteiger partial charge < -0.3 is 14.5 Å². The molecule has 1 fully saturated rings. The first-order chi connectivity index (χ1) is 11.1. The Kier molecular flexibility index (Phi) is 6.60. The standard InChI is InChI=1S/C16H18ClN3O3.ClH/c17-13-5-3-11(4-6-13)15-18-14(23-19-15)7-9-20-8-1-2-12(10-20)16(21)22;/h3-6,12H,1-2,7-10H2,(H,21,22);1H. The zero-order valence-corrected chi connectivity index (χ0v) is 14.6. The first-order valence-corrected chi connectivity index (χ1v) is 8.03. The second-order valence-corrected chi connectivity index (χ2v) is 6.18. The molecule has 0 bridgehead atoms. The lowest BCUT2D eigenvalue weighted by molar-refractivity contribution is -0.143. The molecule has 0 amide bonds. The Bertz CT molecular complexity index is 675. The van der Waals surface area contributed by atoms with Gasteiger partial charge in [0.2, 0.25) is 11.7 Å². The van der Waals surface area contributed by atoms with Gasteiger partial charge >= 0.3 is 5.97 Å². The number of aromatic nitrogens is 2. The molecule has 2 aromatic rings. The van der Waals surface area contributed by atoms with Crippen LogP contribution in [0.2, 0.25) is 5.02 Å². The molecular weight excluding hydrogens is 353 g/mol. The zero-order valence-electron chi connectivity index (χ0n) is 13.0. The normalized spacial score (nSPS) is 18.1. The van der Waals surface area contributed by atoms with Crippen molar-refractivity contribution < 1.29 is 14.4 Å². The van der Waals surface area contributed by atoms with E-state index < -0.39 is 5.97 Å². The fourth-order valence-corrected chi connectivity index (χ4v) is 2.91. The summed E-state index contributed by atoms with van der Waals surface area (Å²) in [4.78, 5) is 17.6. The SMILES string of the molecule is Cl.O=C(O)C1CCCN(CCc2nc(-c3ccc(Cl)cc3)no2)C1. The van der Waals surface area contributed by atoms with E-state index in [2.05, 4.69) is 15.0 Å². The Morgan fingerprint density at radius 2 is 2.12 bits per heavy atom. The highest BCUT2D eigenvalue weighted by Crippen LogP contribution is 2.20. The summed E-state index contributed by atoms with van der Waals surface area (Å²) in [7, 11) is 0. The van der Waals surface area contributed by atoms with Gasteiger partial charge in [0.1, 0.15) is 0 Å². The maximum Gasteiger partial charge on any atom is 0.307 e. The minimum atomic E-state index is -0.711. The summed E-state index contributed by atoms with van der Waals surface area (Å²) in [5, 5.41) is 13.8. The molecule has 2 heterocycles. The number of aliphatic carboxylic acids is 1. The molecule has 1 aliphatic rings. The number of hydrogen-bond acceptors (Lipinski definition) is 5. The van der Waals surface area contributed by atoms with E-state index in [4.69, 9.17) is 21.2 Å². The van der Waals surface area contributed by atoms with E-state index >= 15 is 0 Å². The van der Waals surface area contributed by atoms with E-state index in [9.17, 15) is 4.79 Å². The topological polar surface area (TPSA) is 79.5 Å². The van der Waals surface area contributed by atoms with Crippen molar-refractivity contribution in [3.63, 3.8) is 0 Å². The Labute approximate surface area is 151 Å². The molecule has 1 aromatic carbocycles. The number of hydrogen-bond donors (Lipinski definition) is 1. The van der Waals surface area contributed by atoms with Gasteiger partial charge in [-0.1, -0.05) is 16.8 Å². The highest BCUT2D eigenvalue weighted by molar-refractivity contribution is 6.30. The molecular formula is C16H19Cl2N3O3. The summed E-state index contributed by atoms with van der Waals surface area (Å²) >= 11 is 5.86. The van der Waals surface area contributed by atoms with E-state index in [1.54, 1.807) is 12.1 Å². The third kappa shape index (κ3) is 4.69. The van der Waals surface area contributed by atoms with Crippen LogP contribution in [-0.2, 0) is 11.2 Å². The molecule has 1 saturated heterocycles. The van der Waals surface area contributed by atoms with Gasteiger partial charge in [0.05, 0.1) is 5.92 Å². The second kappa shape index (κ2) is 8.46. The monoisotopic (exact) mass is 371 g/mol. The number of halogens is 2. The highest BCUT2D eigenvalue weighted by Gasteiger charge is 2.25. The number of carboxylic acid groups (broad SMARTS) is 1. The summed E-state index contributed by atoms with van der Waals surface area (Å²) in [6.07, 6.45) is 2.29. The van der Waals surface area contributed by atoms with E-state index in [1.807, 2.05) is 12.1 Å². The number of rotatable bonds is 5. The first kappa shape index (κ1) is 18.7. The lowest BCUT2D eigenvalue weighted by Crippen LogP contribution is -2.39. The molecule has 1 unspecified atom stereocenters. The average molecular weight is 372 g/mol. The third-order valence-electron chi connectivity index (χ3n) is 4.07. The van der Waals surface area contributed by atoms with Crippen LogP contribution < -0.4 is 0 Å². The summed E-state index contributed by atoms with van der Waals surface area (Å²) in [5.74, 6) is 0.125. The Balaban J connectivity index is 0.00000208. The summed E-state index contributed by atoms with van der Waals surface area (Å²) in [5.41, 5.74) is 0.855. The maximum absolute atomic E-state index is 11.1. The molecule has 1 N–H and O–H groups in total. The third-order valence-corrected chi connectivity index (χ3v) is 4.32. The molecule has 130 valence electrons. The minimum absolute atomic E-state index is 0. The van der Waals surface area contributed by atoms with Crippen LogP contribution in [-0.4, -0.2) is 45.8 Å². The number of carboxylic acids is 1. The molecule has 6 nitrogen and oxygen atoms in total. The zero-order chi connectivity index (χ0) is 16.2. The number of benzene rings is 1. The van der Waals surface area contributed by atoms with Crippen LogP contribution in [0.4, 0.5) is 0 Å². The van der Waals surface area contributed by atoms with Gasteiger partial charge in [-0.15, -0.1) is 12.4 Å². The second-order valence-electron chi connectivity index (χ2n) is 5.75. The molecule has 24 heavy (non-hydrogen) atoms. The van der Waals surface area contributed by atoms with Crippen LogP contribution >= 0.6 is 24.0 Å². The highest BCUT2D eigenvalue weighted by atomic mass is 35.5. The Morgan fingerprint density at radius 1 is 1.38 bits per heavy atom. The number of nitrogens with zero attached hydrogens (tertiary/aromatic N) is 3. The largest absolute Gasteiger partial charge is 0.481 e. The quantitative estimate of drug-likeness (QED) is 0.869. The maximum atomic E-state index is 11.1. The van der Waals surface area contributed by atoms with Gasteiger partial charge in [-0.25, -0.2) is 0 Å². The molecule has 8 heteroatoms. The van der Waals surface area contributed by atoms with E-state index in [0.29, 0.717) is 29.7 Å². The molecule has 1 aromatic heterocycles. The molecule has 1 aliphatic heterocycles. The van der Waals surface area contributed by atoms with E-state index in [-0.39, 0.29) is 18.3 Å². The predicted molar refractivity (Wildman–Crippen MR) is 92.5 cm³/mol. The molecule has 0 radical (unpaired) electrons. The van der Waals surface area contributed by atoms with E-state index in [0.717, 1.165) is 31.5 Å². The van der Waals surface area contributed by atoms with Crippen molar-refractivity contribution in [3.05, 3.63) is 35.2 Å².